The molecule has 16 heavy (non-hydrogen) atoms. The minimum absolute atomic E-state index is 0.201. The number of carbonyl (C=O) groups excluding carboxylic acids is 1. The molecule has 0 heterocycles. The zero-order chi connectivity index (χ0) is 11.8. The van der Waals surface area contributed by atoms with Gasteiger partial charge in [-0.05, 0) is 37.1 Å². The molecule has 0 aromatic heterocycles. The van der Waals surface area contributed by atoms with Crippen LogP contribution in [-0.2, 0) is 4.79 Å². The number of allylic oxidation sites excluding steroid dienone is 1. The molecule has 3 heteroatoms. The lowest BCUT2D eigenvalue weighted by molar-refractivity contribution is -0.111. The van der Waals surface area contributed by atoms with Gasteiger partial charge in [0.25, 0.3) is 0 Å². The molecule has 0 spiro atoms. The summed E-state index contributed by atoms with van der Waals surface area (Å²) in [5.41, 5.74) is 0. The highest BCUT2D eigenvalue weighted by molar-refractivity contribution is 8.13. The Morgan fingerprint density at radius 1 is 1.44 bits per heavy atom. The maximum atomic E-state index is 11.5. The van der Waals surface area contributed by atoms with Crippen LogP contribution in [-0.4, -0.2) is 12.2 Å². The van der Waals surface area contributed by atoms with Crippen LogP contribution in [0, 0.1) is 0 Å². The molecule has 1 rings (SSSR count). The van der Waals surface area contributed by atoms with E-state index in [0.29, 0.717) is 6.42 Å². The van der Waals surface area contributed by atoms with Crippen molar-refractivity contribution < 1.29 is 9.53 Å². The number of carbonyl (C=O) groups is 1. The molecule has 0 amide bonds. The molecule has 86 valence electrons. The number of hydrogen-bond acceptors (Lipinski definition) is 3. The van der Waals surface area contributed by atoms with E-state index in [9.17, 15) is 4.79 Å². The van der Waals surface area contributed by atoms with E-state index in [1.807, 2.05) is 30.3 Å². The molecule has 0 fully saturated rings. The summed E-state index contributed by atoms with van der Waals surface area (Å²) >= 11 is 1.28. The van der Waals surface area contributed by atoms with Gasteiger partial charge in [-0.1, -0.05) is 17.8 Å². The summed E-state index contributed by atoms with van der Waals surface area (Å²) < 4.78 is 5.05. The van der Waals surface area contributed by atoms with E-state index in [-0.39, 0.29) is 5.12 Å². The second-order valence-electron chi connectivity index (χ2n) is 3.33. The lowest BCUT2D eigenvalue weighted by atomic mass is 10.2. The fraction of sp³-hybridized carbons (Fsp3) is 0.308. The Labute approximate surface area is 101 Å². The maximum Gasteiger partial charge on any atom is 0.193 e. The third-order valence-electron chi connectivity index (χ3n) is 2.08. The lowest BCUT2D eigenvalue weighted by Crippen LogP contribution is -1.90. The van der Waals surface area contributed by atoms with Gasteiger partial charge in [0.15, 0.2) is 5.12 Å². The molecule has 0 aliphatic heterocycles. The third kappa shape index (κ3) is 4.53. The van der Waals surface area contributed by atoms with E-state index in [1.165, 1.54) is 11.8 Å². The number of benzene rings is 1. The second-order valence-corrected chi connectivity index (χ2v) is 4.46. The zero-order valence-electron chi connectivity index (χ0n) is 9.44. The first-order chi connectivity index (χ1) is 7.76. The van der Waals surface area contributed by atoms with Crippen molar-refractivity contribution in [1.82, 2.24) is 0 Å². The summed E-state index contributed by atoms with van der Waals surface area (Å²) in [6, 6.07) is 7.52. The van der Waals surface area contributed by atoms with Crippen LogP contribution < -0.4 is 4.74 Å². The van der Waals surface area contributed by atoms with Gasteiger partial charge in [0.05, 0.1) is 7.11 Å². The summed E-state index contributed by atoms with van der Waals surface area (Å²) in [6.07, 6.45) is 4.22. The van der Waals surface area contributed by atoms with E-state index in [1.54, 1.807) is 7.11 Å². The highest BCUT2D eigenvalue weighted by Gasteiger charge is 2.04. The predicted octanol–water partition coefficient (Wildman–Crippen LogP) is 3.67. The average Bonchev–Trinajstić information content (AvgIpc) is 2.30. The van der Waals surface area contributed by atoms with Gasteiger partial charge in [-0.3, -0.25) is 4.79 Å². The first-order valence-corrected chi connectivity index (χ1v) is 6.03. The van der Waals surface area contributed by atoms with Crippen LogP contribution in [0.15, 0.2) is 41.8 Å². The Morgan fingerprint density at radius 3 is 2.69 bits per heavy atom. The smallest absolute Gasteiger partial charge is 0.193 e. The Hall–Kier alpha value is -1.22. The van der Waals surface area contributed by atoms with Crippen molar-refractivity contribution in [2.75, 3.05) is 7.11 Å². The van der Waals surface area contributed by atoms with Crippen molar-refractivity contribution in [1.29, 1.82) is 0 Å². The molecule has 0 unspecified atom stereocenters. The molecule has 0 aliphatic rings. The fourth-order valence-corrected chi connectivity index (χ4v) is 2.00. The molecule has 0 N–H and O–H groups in total. The zero-order valence-corrected chi connectivity index (χ0v) is 10.3. The number of thioether (sulfide) groups is 1. The van der Waals surface area contributed by atoms with E-state index < -0.39 is 0 Å². The minimum Gasteiger partial charge on any atom is -0.497 e. The Morgan fingerprint density at radius 2 is 2.12 bits per heavy atom. The van der Waals surface area contributed by atoms with E-state index >= 15 is 0 Å². The normalized spacial score (nSPS) is 9.81. The minimum atomic E-state index is 0.201. The molecule has 0 atom stereocenters. The molecular weight excluding hydrogens is 220 g/mol. The standard InChI is InChI=1S/C13H16O2S/c1-3-4-5-6-13(14)16-12-9-7-11(15-2)8-10-12/h3,7-10H,1,4-6H2,2H3. The van der Waals surface area contributed by atoms with Gasteiger partial charge in [-0.2, -0.15) is 0 Å². The number of hydrogen-bond donors (Lipinski definition) is 0. The summed E-state index contributed by atoms with van der Waals surface area (Å²) in [7, 11) is 1.63. The van der Waals surface area contributed by atoms with Crippen molar-refractivity contribution >= 4 is 16.9 Å². The number of rotatable bonds is 6. The molecule has 0 saturated carbocycles. The summed E-state index contributed by atoms with van der Waals surface area (Å²) in [5, 5.41) is 0.201. The van der Waals surface area contributed by atoms with Crippen LogP contribution in [0.5, 0.6) is 5.75 Å². The van der Waals surface area contributed by atoms with Gasteiger partial charge < -0.3 is 4.74 Å². The summed E-state index contributed by atoms with van der Waals surface area (Å²) in [4.78, 5) is 12.5. The van der Waals surface area contributed by atoms with Crippen molar-refractivity contribution in [3.8, 4) is 5.75 Å². The summed E-state index contributed by atoms with van der Waals surface area (Å²) in [5.74, 6) is 0.809. The van der Waals surface area contributed by atoms with Gasteiger partial charge in [-0.25, -0.2) is 0 Å². The van der Waals surface area contributed by atoms with Crippen molar-refractivity contribution in [2.24, 2.45) is 0 Å². The molecule has 1 aromatic rings. The second kappa shape index (κ2) is 7.12. The van der Waals surface area contributed by atoms with Crippen molar-refractivity contribution in [3.63, 3.8) is 0 Å². The number of ether oxygens (including phenoxy) is 1. The topological polar surface area (TPSA) is 26.3 Å². The quantitative estimate of drug-likeness (QED) is 0.428. The monoisotopic (exact) mass is 236 g/mol. The van der Waals surface area contributed by atoms with Crippen LogP contribution in [0.4, 0.5) is 0 Å². The number of unbranched alkanes of at least 4 members (excludes halogenated alkanes) is 1. The first-order valence-electron chi connectivity index (χ1n) is 5.22. The van der Waals surface area contributed by atoms with Gasteiger partial charge in [0.1, 0.15) is 5.75 Å². The molecule has 2 nitrogen and oxygen atoms in total. The van der Waals surface area contributed by atoms with Crippen molar-refractivity contribution in [2.45, 2.75) is 24.2 Å². The van der Waals surface area contributed by atoms with Crippen molar-refractivity contribution in [3.05, 3.63) is 36.9 Å². The molecule has 0 bridgehead atoms. The largest absolute Gasteiger partial charge is 0.497 e. The lowest BCUT2D eigenvalue weighted by Gasteiger charge is -2.02. The average molecular weight is 236 g/mol. The molecule has 0 saturated heterocycles. The molecule has 0 radical (unpaired) electrons. The van der Waals surface area contributed by atoms with Gasteiger partial charge in [-0.15, -0.1) is 6.58 Å². The highest BCUT2D eigenvalue weighted by atomic mass is 32.2. The van der Waals surface area contributed by atoms with Crippen LogP contribution in [0.1, 0.15) is 19.3 Å². The Kier molecular flexibility index (Phi) is 5.72. The van der Waals surface area contributed by atoms with Crippen LogP contribution in [0.25, 0.3) is 0 Å². The van der Waals surface area contributed by atoms with Crippen LogP contribution in [0.3, 0.4) is 0 Å². The Bertz CT molecular complexity index is 343. The fourth-order valence-electron chi connectivity index (χ4n) is 1.22. The Balaban J connectivity index is 2.40. The van der Waals surface area contributed by atoms with Gasteiger partial charge in [0.2, 0.25) is 0 Å². The number of methoxy groups -OCH3 is 1. The molecular formula is C13H16O2S. The van der Waals surface area contributed by atoms with E-state index in [4.69, 9.17) is 4.74 Å². The predicted molar refractivity (Wildman–Crippen MR) is 67.9 cm³/mol. The molecule has 0 aliphatic carbocycles. The summed E-state index contributed by atoms with van der Waals surface area (Å²) in [6.45, 7) is 3.63. The van der Waals surface area contributed by atoms with E-state index in [2.05, 4.69) is 6.58 Å². The van der Waals surface area contributed by atoms with Crippen LogP contribution >= 0.6 is 11.8 Å². The highest BCUT2D eigenvalue weighted by Crippen LogP contribution is 2.23. The van der Waals surface area contributed by atoms with Crippen LogP contribution in [0.2, 0.25) is 0 Å². The molecule has 1 aromatic carbocycles. The van der Waals surface area contributed by atoms with E-state index in [0.717, 1.165) is 23.5 Å². The SMILES string of the molecule is C=CCCCC(=O)Sc1ccc(OC)cc1. The maximum absolute atomic E-state index is 11.5. The third-order valence-corrected chi connectivity index (χ3v) is 3.02. The first kappa shape index (κ1) is 12.8. The van der Waals surface area contributed by atoms with Gasteiger partial charge >= 0.3 is 0 Å². The van der Waals surface area contributed by atoms with Gasteiger partial charge in [0, 0.05) is 11.3 Å².